The average Bonchev–Trinajstić information content (AvgIpc) is 3.21. The minimum Gasteiger partial charge on any atom is -0.452 e. The fourth-order valence-electron chi connectivity index (χ4n) is 2.86. The van der Waals surface area contributed by atoms with Gasteiger partial charge < -0.3 is 4.74 Å². The summed E-state index contributed by atoms with van der Waals surface area (Å²) in [6.45, 7) is -0.263. The number of esters is 1. The molecule has 0 aromatic heterocycles. The standard InChI is InChI=1S/C19H17N3O7S/c1-30(27,28)17-8-7-14(11-16(17)22(25)26)19(24)29-12-18(23)21-10-9-15(20-21)13-5-3-2-4-6-13/h2-8,11H,9-10,12H2,1H3. The van der Waals surface area contributed by atoms with Crippen LogP contribution in [0.1, 0.15) is 22.3 Å². The Morgan fingerprint density at radius 3 is 2.53 bits per heavy atom. The van der Waals surface area contributed by atoms with Crippen LogP contribution in [0.2, 0.25) is 0 Å². The number of ether oxygens (including phenoxy) is 1. The molecule has 11 heteroatoms. The molecular weight excluding hydrogens is 414 g/mol. The third kappa shape index (κ3) is 4.69. The number of hydrogen-bond acceptors (Lipinski definition) is 8. The molecule has 1 amide bonds. The monoisotopic (exact) mass is 431 g/mol. The van der Waals surface area contributed by atoms with E-state index in [1.54, 1.807) is 0 Å². The van der Waals surface area contributed by atoms with Crippen molar-refractivity contribution in [2.75, 3.05) is 19.4 Å². The van der Waals surface area contributed by atoms with Gasteiger partial charge in [-0.2, -0.15) is 5.10 Å². The zero-order valence-electron chi connectivity index (χ0n) is 15.8. The minimum atomic E-state index is -3.86. The SMILES string of the molecule is CS(=O)(=O)c1ccc(C(=O)OCC(=O)N2CCC(c3ccccc3)=N2)cc1[N+](=O)[O-]. The van der Waals surface area contributed by atoms with Crippen molar-refractivity contribution in [3.63, 3.8) is 0 Å². The van der Waals surface area contributed by atoms with Crippen LogP contribution in [-0.4, -0.2) is 55.3 Å². The summed E-state index contributed by atoms with van der Waals surface area (Å²) in [5.74, 6) is -1.53. The van der Waals surface area contributed by atoms with Gasteiger partial charge in [-0.1, -0.05) is 30.3 Å². The Morgan fingerprint density at radius 2 is 1.90 bits per heavy atom. The number of sulfone groups is 1. The molecule has 0 spiro atoms. The first-order chi connectivity index (χ1) is 14.2. The molecule has 0 atom stereocenters. The van der Waals surface area contributed by atoms with Crippen molar-refractivity contribution >= 4 is 33.1 Å². The summed E-state index contributed by atoms with van der Waals surface area (Å²) in [6, 6.07) is 12.2. The fraction of sp³-hybridized carbons (Fsp3) is 0.211. The Kier molecular flexibility index (Phi) is 5.92. The third-order valence-corrected chi connectivity index (χ3v) is 5.46. The van der Waals surface area contributed by atoms with E-state index in [-0.39, 0.29) is 5.56 Å². The van der Waals surface area contributed by atoms with Gasteiger partial charge in [0.2, 0.25) is 0 Å². The van der Waals surface area contributed by atoms with E-state index in [9.17, 15) is 28.1 Å². The van der Waals surface area contributed by atoms with Crippen LogP contribution in [-0.2, 0) is 19.4 Å². The summed E-state index contributed by atoms with van der Waals surface area (Å²) >= 11 is 0. The summed E-state index contributed by atoms with van der Waals surface area (Å²) < 4.78 is 28.2. The van der Waals surface area contributed by atoms with Crippen molar-refractivity contribution < 1.29 is 27.7 Å². The van der Waals surface area contributed by atoms with E-state index in [4.69, 9.17) is 4.74 Å². The zero-order valence-corrected chi connectivity index (χ0v) is 16.7. The molecule has 10 nitrogen and oxygen atoms in total. The maximum atomic E-state index is 12.3. The molecule has 1 heterocycles. The van der Waals surface area contributed by atoms with Crippen LogP contribution in [0.15, 0.2) is 58.5 Å². The number of nitro benzene ring substituents is 1. The molecule has 156 valence electrons. The van der Waals surface area contributed by atoms with E-state index in [0.717, 1.165) is 35.7 Å². The van der Waals surface area contributed by atoms with Gasteiger partial charge in [-0.05, 0) is 17.7 Å². The highest BCUT2D eigenvalue weighted by atomic mass is 32.2. The molecule has 0 bridgehead atoms. The van der Waals surface area contributed by atoms with Crippen molar-refractivity contribution in [1.82, 2.24) is 5.01 Å². The molecule has 0 saturated heterocycles. The van der Waals surface area contributed by atoms with Crippen LogP contribution < -0.4 is 0 Å². The predicted octanol–water partition coefficient (Wildman–Crippen LogP) is 1.79. The molecule has 0 aliphatic carbocycles. The molecule has 3 rings (SSSR count). The Labute approximate surface area is 171 Å². The van der Waals surface area contributed by atoms with Gasteiger partial charge in [-0.15, -0.1) is 0 Å². The number of carbonyl (C=O) groups is 2. The van der Waals surface area contributed by atoms with Crippen molar-refractivity contribution in [2.45, 2.75) is 11.3 Å². The van der Waals surface area contributed by atoms with Crippen molar-refractivity contribution in [2.24, 2.45) is 5.10 Å². The Balaban J connectivity index is 1.67. The highest BCUT2D eigenvalue weighted by molar-refractivity contribution is 7.90. The van der Waals surface area contributed by atoms with Gasteiger partial charge in [0.25, 0.3) is 11.6 Å². The molecule has 1 aliphatic heterocycles. The van der Waals surface area contributed by atoms with Gasteiger partial charge in [0.05, 0.1) is 22.7 Å². The van der Waals surface area contributed by atoms with E-state index in [0.29, 0.717) is 13.0 Å². The second-order valence-electron chi connectivity index (χ2n) is 6.47. The topological polar surface area (TPSA) is 136 Å². The van der Waals surface area contributed by atoms with Crippen LogP contribution in [0, 0.1) is 10.1 Å². The third-order valence-electron chi connectivity index (χ3n) is 4.31. The second-order valence-corrected chi connectivity index (χ2v) is 8.45. The zero-order chi connectivity index (χ0) is 21.9. The van der Waals surface area contributed by atoms with Gasteiger partial charge in [0.15, 0.2) is 16.4 Å². The van der Waals surface area contributed by atoms with E-state index in [1.165, 1.54) is 5.01 Å². The molecule has 30 heavy (non-hydrogen) atoms. The second kappa shape index (κ2) is 8.41. The van der Waals surface area contributed by atoms with E-state index in [1.807, 2.05) is 30.3 Å². The molecule has 0 N–H and O–H groups in total. The normalized spacial score (nSPS) is 13.6. The quantitative estimate of drug-likeness (QED) is 0.386. The molecule has 2 aromatic rings. The van der Waals surface area contributed by atoms with Crippen LogP contribution in [0.5, 0.6) is 0 Å². The summed E-state index contributed by atoms with van der Waals surface area (Å²) in [4.78, 5) is 34.2. The number of carbonyl (C=O) groups excluding carboxylic acids is 2. The van der Waals surface area contributed by atoms with Gasteiger partial charge in [0, 0.05) is 18.7 Å². The van der Waals surface area contributed by atoms with Crippen molar-refractivity contribution in [1.29, 1.82) is 0 Å². The van der Waals surface area contributed by atoms with Crippen LogP contribution in [0.4, 0.5) is 5.69 Å². The number of nitro groups is 1. The first kappa shape index (κ1) is 21.1. The highest BCUT2D eigenvalue weighted by Crippen LogP contribution is 2.25. The lowest BCUT2D eigenvalue weighted by molar-refractivity contribution is -0.387. The van der Waals surface area contributed by atoms with E-state index >= 15 is 0 Å². The number of hydrogen-bond donors (Lipinski definition) is 0. The molecule has 0 radical (unpaired) electrons. The van der Waals surface area contributed by atoms with E-state index < -0.39 is 43.8 Å². The number of nitrogens with zero attached hydrogens (tertiary/aromatic N) is 3. The molecule has 1 aliphatic rings. The van der Waals surface area contributed by atoms with Crippen LogP contribution >= 0.6 is 0 Å². The van der Waals surface area contributed by atoms with Gasteiger partial charge in [0.1, 0.15) is 4.90 Å². The Bertz CT molecular complexity index is 1140. The maximum Gasteiger partial charge on any atom is 0.338 e. The lowest BCUT2D eigenvalue weighted by Gasteiger charge is -2.11. The van der Waals surface area contributed by atoms with Crippen molar-refractivity contribution in [3.8, 4) is 0 Å². The number of benzene rings is 2. The Morgan fingerprint density at radius 1 is 1.20 bits per heavy atom. The largest absolute Gasteiger partial charge is 0.452 e. The summed E-state index contributed by atoms with van der Waals surface area (Å²) in [7, 11) is -3.86. The average molecular weight is 431 g/mol. The number of rotatable bonds is 6. The fourth-order valence-corrected chi connectivity index (χ4v) is 3.68. The lowest BCUT2D eigenvalue weighted by Crippen LogP contribution is -2.28. The summed E-state index contributed by atoms with van der Waals surface area (Å²) in [5, 5.41) is 16.6. The minimum absolute atomic E-state index is 0.239. The first-order valence-corrected chi connectivity index (χ1v) is 10.6. The molecule has 2 aromatic carbocycles. The van der Waals surface area contributed by atoms with Gasteiger partial charge in [-0.25, -0.2) is 18.2 Å². The molecular formula is C19H17N3O7S. The first-order valence-electron chi connectivity index (χ1n) is 8.75. The number of hydrazone groups is 1. The predicted molar refractivity (Wildman–Crippen MR) is 106 cm³/mol. The molecule has 0 saturated carbocycles. The molecule has 0 fully saturated rings. The molecule has 0 unspecified atom stereocenters. The number of amides is 1. The summed E-state index contributed by atoms with van der Waals surface area (Å²) in [5.41, 5.74) is 0.650. The van der Waals surface area contributed by atoms with Crippen molar-refractivity contribution in [3.05, 3.63) is 69.8 Å². The smallest absolute Gasteiger partial charge is 0.338 e. The van der Waals surface area contributed by atoms with E-state index in [2.05, 4.69) is 5.10 Å². The lowest BCUT2D eigenvalue weighted by atomic mass is 10.1. The van der Waals surface area contributed by atoms with Gasteiger partial charge in [-0.3, -0.25) is 14.9 Å². The Hall–Kier alpha value is -3.60. The summed E-state index contributed by atoms with van der Waals surface area (Å²) in [6.07, 6.45) is 1.38. The van der Waals surface area contributed by atoms with Crippen LogP contribution in [0.25, 0.3) is 0 Å². The van der Waals surface area contributed by atoms with Crippen LogP contribution in [0.3, 0.4) is 0 Å². The highest BCUT2D eigenvalue weighted by Gasteiger charge is 2.26. The van der Waals surface area contributed by atoms with Gasteiger partial charge >= 0.3 is 5.97 Å². The maximum absolute atomic E-state index is 12.3.